The zero-order valence-electron chi connectivity index (χ0n) is 15.0. The van der Waals surface area contributed by atoms with Crippen LogP contribution in [0, 0.1) is 11.6 Å². The summed E-state index contributed by atoms with van der Waals surface area (Å²) in [6.07, 6.45) is 1.52. The zero-order chi connectivity index (χ0) is 20.1. The summed E-state index contributed by atoms with van der Waals surface area (Å²) in [7, 11) is -4.04. The molecule has 1 heterocycles. The van der Waals surface area contributed by atoms with Gasteiger partial charge >= 0.3 is 5.76 Å². The summed E-state index contributed by atoms with van der Waals surface area (Å²) in [6, 6.07) is 7.29. The summed E-state index contributed by atoms with van der Waals surface area (Å²) < 4.78 is 62.6. The highest BCUT2D eigenvalue weighted by Crippen LogP contribution is 2.43. The van der Waals surface area contributed by atoms with E-state index in [1.165, 1.54) is 28.8 Å². The smallest absolute Gasteiger partial charge is 0.408 e. The van der Waals surface area contributed by atoms with Gasteiger partial charge in [-0.3, -0.25) is 4.57 Å². The molecule has 0 atom stereocenters. The van der Waals surface area contributed by atoms with Gasteiger partial charge in [-0.25, -0.2) is 26.7 Å². The minimum absolute atomic E-state index is 0.0919. The lowest BCUT2D eigenvalue weighted by atomic mass is 9.72. The number of nitrogens with one attached hydrogen (secondary N) is 1. The fourth-order valence-electron chi connectivity index (χ4n) is 3.66. The Bertz CT molecular complexity index is 1230. The van der Waals surface area contributed by atoms with Crippen molar-refractivity contribution in [2.45, 2.75) is 43.2 Å². The van der Waals surface area contributed by atoms with E-state index in [2.05, 4.69) is 4.72 Å². The summed E-state index contributed by atoms with van der Waals surface area (Å²) in [6.45, 7) is 2.17. The van der Waals surface area contributed by atoms with Crippen LogP contribution in [-0.4, -0.2) is 13.0 Å². The molecule has 1 saturated carbocycles. The minimum Gasteiger partial charge on any atom is -0.408 e. The Balaban J connectivity index is 1.74. The quantitative estimate of drug-likeness (QED) is 0.703. The van der Waals surface area contributed by atoms with Crippen LogP contribution in [-0.2, 0) is 22.1 Å². The summed E-state index contributed by atoms with van der Waals surface area (Å²) in [5, 5.41) is 0. The van der Waals surface area contributed by atoms with E-state index in [-0.39, 0.29) is 16.0 Å². The average molecular weight is 408 g/mol. The third-order valence-corrected chi connectivity index (χ3v) is 6.78. The fourth-order valence-corrected chi connectivity index (χ4v) is 5.12. The number of aryl methyl sites for hydroxylation is 1. The summed E-state index contributed by atoms with van der Waals surface area (Å²) in [5.74, 6) is -2.08. The first-order valence-corrected chi connectivity index (χ1v) is 10.4. The van der Waals surface area contributed by atoms with Gasteiger partial charge in [0.05, 0.1) is 16.0 Å². The molecule has 0 unspecified atom stereocenters. The Morgan fingerprint density at radius 1 is 1.18 bits per heavy atom. The zero-order valence-corrected chi connectivity index (χ0v) is 15.9. The second kappa shape index (κ2) is 6.52. The van der Waals surface area contributed by atoms with Gasteiger partial charge in [0.25, 0.3) is 0 Å². The minimum atomic E-state index is -4.04. The molecular formula is C19H18F2N2O4S. The highest BCUT2D eigenvalue weighted by Gasteiger charge is 2.44. The third-order valence-electron chi connectivity index (χ3n) is 5.25. The van der Waals surface area contributed by atoms with Crippen molar-refractivity contribution >= 4 is 21.1 Å². The number of oxazole rings is 1. The van der Waals surface area contributed by atoms with Crippen molar-refractivity contribution in [2.24, 2.45) is 0 Å². The molecule has 1 fully saturated rings. The molecule has 0 saturated heterocycles. The normalized spacial score (nSPS) is 16.2. The van der Waals surface area contributed by atoms with Gasteiger partial charge in [-0.2, -0.15) is 0 Å². The molecule has 0 spiro atoms. The molecular weight excluding hydrogens is 390 g/mol. The van der Waals surface area contributed by atoms with E-state index in [9.17, 15) is 22.0 Å². The molecule has 1 aliphatic carbocycles. The number of hydrogen-bond acceptors (Lipinski definition) is 4. The van der Waals surface area contributed by atoms with Crippen molar-refractivity contribution in [1.82, 2.24) is 9.29 Å². The number of rotatable bonds is 5. The maximum absolute atomic E-state index is 14.3. The molecule has 6 nitrogen and oxygen atoms in total. The molecule has 3 aromatic rings. The van der Waals surface area contributed by atoms with E-state index in [0.29, 0.717) is 31.3 Å². The van der Waals surface area contributed by atoms with Gasteiger partial charge in [0.2, 0.25) is 10.0 Å². The van der Waals surface area contributed by atoms with Gasteiger partial charge in [-0.05, 0) is 44.4 Å². The number of benzene rings is 2. The van der Waals surface area contributed by atoms with E-state index < -0.39 is 33.0 Å². The Morgan fingerprint density at radius 3 is 2.54 bits per heavy atom. The second-order valence-corrected chi connectivity index (χ2v) is 8.59. The summed E-state index contributed by atoms with van der Waals surface area (Å²) in [5.41, 5.74) is -0.352. The predicted molar refractivity (Wildman–Crippen MR) is 98.4 cm³/mol. The van der Waals surface area contributed by atoms with Gasteiger partial charge in [0.1, 0.15) is 11.6 Å². The molecule has 9 heteroatoms. The molecule has 0 bridgehead atoms. The van der Waals surface area contributed by atoms with Crippen LogP contribution in [0.25, 0.3) is 11.1 Å². The molecule has 1 aromatic heterocycles. The van der Waals surface area contributed by atoms with Crippen molar-refractivity contribution in [3.05, 3.63) is 64.1 Å². The Kier molecular flexibility index (Phi) is 4.39. The van der Waals surface area contributed by atoms with Crippen molar-refractivity contribution in [2.75, 3.05) is 0 Å². The Hall–Kier alpha value is -2.52. The molecule has 0 aliphatic heterocycles. The van der Waals surface area contributed by atoms with E-state index in [1.54, 1.807) is 6.92 Å². The number of aromatic nitrogens is 1. The van der Waals surface area contributed by atoms with E-state index in [4.69, 9.17) is 4.42 Å². The SMILES string of the molecule is CCn1c(=O)oc2cc(S(=O)(=O)NC3(c4ccc(F)cc4F)CCC3)ccc21. The summed E-state index contributed by atoms with van der Waals surface area (Å²) >= 11 is 0. The van der Waals surface area contributed by atoms with Crippen LogP contribution >= 0.6 is 0 Å². The van der Waals surface area contributed by atoms with Crippen LogP contribution in [0.4, 0.5) is 8.78 Å². The van der Waals surface area contributed by atoms with E-state index in [0.717, 1.165) is 12.1 Å². The molecule has 28 heavy (non-hydrogen) atoms. The predicted octanol–water partition coefficient (Wildman–Crippen LogP) is 3.25. The number of sulfonamides is 1. The maximum atomic E-state index is 14.3. The molecule has 148 valence electrons. The van der Waals surface area contributed by atoms with Crippen LogP contribution in [0.1, 0.15) is 31.7 Å². The van der Waals surface area contributed by atoms with Crippen molar-refractivity contribution in [3.8, 4) is 0 Å². The van der Waals surface area contributed by atoms with Crippen molar-refractivity contribution in [1.29, 1.82) is 0 Å². The highest BCUT2D eigenvalue weighted by molar-refractivity contribution is 7.89. The lowest BCUT2D eigenvalue weighted by molar-refractivity contribution is 0.217. The van der Waals surface area contributed by atoms with Crippen LogP contribution in [0.3, 0.4) is 0 Å². The fraction of sp³-hybridized carbons (Fsp3) is 0.316. The lowest BCUT2D eigenvalue weighted by Gasteiger charge is -2.42. The van der Waals surface area contributed by atoms with Crippen molar-refractivity contribution < 1.29 is 21.6 Å². The molecule has 1 N–H and O–H groups in total. The molecule has 4 rings (SSSR count). The van der Waals surface area contributed by atoms with Gasteiger partial charge in [-0.15, -0.1) is 0 Å². The Morgan fingerprint density at radius 2 is 1.93 bits per heavy atom. The molecule has 1 aliphatic rings. The van der Waals surface area contributed by atoms with Gasteiger partial charge in [-0.1, -0.05) is 6.07 Å². The molecule has 2 aromatic carbocycles. The monoisotopic (exact) mass is 408 g/mol. The second-order valence-electron chi connectivity index (χ2n) is 6.91. The van der Waals surface area contributed by atoms with Gasteiger partial charge in [0, 0.05) is 24.2 Å². The first-order chi connectivity index (χ1) is 13.3. The van der Waals surface area contributed by atoms with Gasteiger partial charge in [0.15, 0.2) is 5.58 Å². The van der Waals surface area contributed by atoms with Crippen LogP contribution in [0.2, 0.25) is 0 Å². The average Bonchev–Trinajstić information content (AvgIpc) is 2.92. The number of halogens is 2. The largest absolute Gasteiger partial charge is 0.419 e. The van der Waals surface area contributed by atoms with Crippen LogP contribution in [0.15, 0.2) is 50.5 Å². The molecule has 0 amide bonds. The van der Waals surface area contributed by atoms with Crippen molar-refractivity contribution in [3.63, 3.8) is 0 Å². The number of fused-ring (bicyclic) bond motifs is 1. The third kappa shape index (κ3) is 2.94. The summed E-state index contributed by atoms with van der Waals surface area (Å²) in [4.78, 5) is 11.7. The first kappa shape index (κ1) is 18.8. The maximum Gasteiger partial charge on any atom is 0.419 e. The lowest BCUT2D eigenvalue weighted by Crippen LogP contribution is -2.51. The topological polar surface area (TPSA) is 81.3 Å². The first-order valence-electron chi connectivity index (χ1n) is 8.89. The number of nitrogens with zero attached hydrogens (tertiary/aromatic N) is 1. The van der Waals surface area contributed by atoms with Crippen LogP contribution < -0.4 is 10.5 Å². The van der Waals surface area contributed by atoms with E-state index >= 15 is 0 Å². The molecule has 0 radical (unpaired) electrons. The highest BCUT2D eigenvalue weighted by atomic mass is 32.2. The Labute approximate surface area is 159 Å². The number of hydrogen-bond donors (Lipinski definition) is 1. The van der Waals surface area contributed by atoms with E-state index in [1.807, 2.05) is 0 Å². The van der Waals surface area contributed by atoms with Gasteiger partial charge < -0.3 is 4.42 Å². The van der Waals surface area contributed by atoms with Crippen LogP contribution in [0.5, 0.6) is 0 Å². The standard InChI is InChI=1S/C19H18F2N2O4S/c1-2-23-16-7-5-13(11-17(16)27-18(23)24)28(25,26)22-19(8-3-9-19)14-6-4-12(20)10-15(14)21/h4-7,10-11,22H,2-3,8-9H2,1H3.